The molecule has 0 spiro atoms. The van der Waals surface area contributed by atoms with Crippen molar-refractivity contribution in [3.63, 3.8) is 0 Å². The Labute approximate surface area is 174 Å². The number of aliphatic hydroxyl groups excluding tert-OH is 1. The van der Waals surface area contributed by atoms with Crippen molar-refractivity contribution < 1.29 is 14.4 Å². The van der Waals surface area contributed by atoms with Gasteiger partial charge in [0.15, 0.2) is 5.76 Å². The quantitative estimate of drug-likeness (QED) is 0.614. The van der Waals surface area contributed by atoms with Gasteiger partial charge in [0, 0.05) is 41.9 Å². The van der Waals surface area contributed by atoms with Gasteiger partial charge in [0.05, 0.1) is 6.54 Å². The minimum atomic E-state index is -0.644. The number of primary amides is 1. The first kappa shape index (κ1) is 19.9. The second kappa shape index (κ2) is 8.56. The van der Waals surface area contributed by atoms with Crippen molar-refractivity contribution in [1.29, 1.82) is 0 Å². The van der Waals surface area contributed by atoms with Gasteiger partial charge >= 0.3 is 0 Å². The molecule has 0 radical (unpaired) electrons. The van der Waals surface area contributed by atoms with Crippen molar-refractivity contribution >= 4 is 5.91 Å². The Hall–Kier alpha value is -3.37. The lowest BCUT2D eigenvalue weighted by molar-refractivity contribution is -0.119. The molecular formula is C23H24N4O3. The molecule has 7 heteroatoms. The number of hydrogen-bond donors (Lipinski definition) is 2. The van der Waals surface area contributed by atoms with Crippen LogP contribution in [0.3, 0.4) is 0 Å². The highest BCUT2D eigenvalue weighted by Gasteiger charge is 2.28. The van der Waals surface area contributed by atoms with E-state index in [4.69, 9.17) is 10.3 Å². The van der Waals surface area contributed by atoms with Crippen LogP contribution in [0.15, 0.2) is 47.2 Å². The van der Waals surface area contributed by atoms with E-state index in [0.29, 0.717) is 36.4 Å². The number of carbonyl (C=O) groups is 1. The molecule has 1 aliphatic rings. The predicted octanol–water partition coefficient (Wildman–Crippen LogP) is 2.89. The first-order chi connectivity index (χ1) is 14.5. The number of nitrogens with two attached hydrogens (primary N) is 1. The van der Waals surface area contributed by atoms with Crippen molar-refractivity contribution in [3.8, 4) is 23.2 Å². The average molecular weight is 404 g/mol. The molecule has 1 amide bonds. The molecule has 7 nitrogen and oxygen atoms in total. The topological polar surface area (TPSA) is 107 Å². The molecule has 30 heavy (non-hydrogen) atoms. The Bertz CT molecular complexity index is 1080. The molecule has 2 heterocycles. The summed E-state index contributed by atoms with van der Waals surface area (Å²) in [6, 6.07) is 9.74. The van der Waals surface area contributed by atoms with E-state index in [0.717, 1.165) is 29.7 Å². The van der Waals surface area contributed by atoms with E-state index >= 15 is 0 Å². The molecule has 1 saturated carbocycles. The first-order valence-corrected chi connectivity index (χ1v) is 10.0. The maximum Gasteiger partial charge on any atom is 0.217 e. The van der Waals surface area contributed by atoms with Gasteiger partial charge in [0.2, 0.25) is 5.91 Å². The Morgan fingerprint density at radius 2 is 2.13 bits per heavy atom. The van der Waals surface area contributed by atoms with Crippen LogP contribution in [0.2, 0.25) is 0 Å². The Balaban J connectivity index is 1.37. The number of amides is 1. The Morgan fingerprint density at radius 1 is 1.37 bits per heavy atom. The van der Waals surface area contributed by atoms with Gasteiger partial charge in [0.1, 0.15) is 17.6 Å². The normalized spacial score (nSPS) is 18.9. The van der Waals surface area contributed by atoms with Crippen LogP contribution in [0, 0.1) is 23.7 Å². The van der Waals surface area contributed by atoms with Crippen molar-refractivity contribution in [2.45, 2.75) is 38.8 Å². The van der Waals surface area contributed by atoms with E-state index < -0.39 is 6.10 Å². The van der Waals surface area contributed by atoms with Crippen LogP contribution in [0.5, 0.6) is 0 Å². The molecule has 154 valence electrons. The fourth-order valence-electron chi connectivity index (χ4n) is 3.73. The average Bonchev–Trinajstić information content (AvgIpc) is 3.34. The summed E-state index contributed by atoms with van der Waals surface area (Å²) in [5.41, 5.74) is 7.85. The van der Waals surface area contributed by atoms with Crippen molar-refractivity contribution in [3.05, 3.63) is 59.8 Å². The minimum Gasteiger partial charge on any atom is -0.385 e. The van der Waals surface area contributed by atoms with E-state index in [1.54, 1.807) is 13.1 Å². The number of imidazole rings is 1. The molecule has 3 aromatic rings. The lowest BCUT2D eigenvalue weighted by Gasteiger charge is -2.30. The van der Waals surface area contributed by atoms with Gasteiger partial charge in [-0.25, -0.2) is 4.98 Å². The molecule has 2 aromatic heterocycles. The highest BCUT2D eigenvalue weighted by Crippen LogP contribution is 2.35. The fourth-order valence-corrected chi connectivity index (χ4v) is 3.73. The predicted molar refractivity (Wildman–Crippen MR) is 111 cm³/mol. The number of carbonyl (C=O) groups excluding carboxylic acids is 1. The van der Waals surface area contributed by atoms with E-state index in [-0.39, 0.29) is 5.91 Å². The number of hydrogen-bond acceptors (Lipinski definition) is 5. The monoisotopic (exact) mass is 404 g/mol. The van der Waals surface area contributed by atoms with Crippen molar-refractivity contribution in [2.75, 3.05) is 0 Å². The van der Waals surface area contributed by atoms with Gasteiger partial charge in [-0.05, 0) is 49.9 Å². The number of aliphatic hydroxyl groups is 1. The van der Waals surface area contributed by atoms with E-state index in [9.17, 15) is 9.90 Å². The second-order valence-electron chi connectivity index (χ2n) is 7.82. The van der Waals surface area contributed by atoms with E-state index in [1.807, 2.05) is 41.1 Å². The van der Waals surface area contributed by atoms with Gasteiger partial charge in [-0.1, -0.05) is 17.0 Å². The summed E-state index contributed by atoms with van der Waals surface area (Å²) in [6.45, 7) is 2.16. The summed E-state index contributed by atoms with van der Waals surface area (Å²) < 4.78 is 7.33. The smallest absolute Gasteiger partial charge is 0.217 e. The van der Waals surface area contributed by atoms with Crippen LogP contribution in [0.4, 0.5) is 0 Å². The maximum atomic E-state index is 10.9. The number of benzene rings is 1. The largest absolute Gasteiger partial charge is 0.385 e. The zero-order valence-electron chi connectivity index (χ0n) is 16.8. The molecular weight excluding hydrogens is 380 g/mol. The van der Waals surface area contributed by atoms with Gasteiger partial charge in [0.25, 0.3) is 0 Å². The third kappa shape index (κ3) is 4.61. The van der Waals surface area contributed by atoms with Gasteiger partial charge in [-0.15, -0.1) is 0 Å². The van der Waals surface area contributed by atoms with Crippen LogP contribution >= 0.6 is 0 Å². The maximum absolute atomic E-state index is 10.9. The highest BCUT2D eigenvalue weighted by atomic mass is 16.5. The van der Waals surface area contributed by atoms with Crippen molar-refractivity contribution in [1.82, 2.24) is 14.7 Å². The number of aromatic nitrogens is 3. The lowest BCUT2D eigenvalue weighted by Crippen LogP contribution is -2.27. The third-order valence-electron chi connectivity index (χ3n) is 5.33. The minimum absolute atomic E-state index is 0.231. The second-order valence-corrected chi connectivity index (χ2v) is 7.82. The molecule has 1 atom stereocenters. The summed E-state index contributed by atoms with van der Waals surface area (Å²) in [7, 11) is 0. The fraction of sp³-hybridized carbons (Fsp3) is 0.348. The van der Waals surface area contributed by atoms with Gasteiger partial charge < -0.3 is 19.9 Å². The molecule has 3 N–H and O–H groups in total. The van der Waals surface area contributed by atoms with Crippen LogP contribution in [0.25, 0.3) is 11.3 Å². The molecule has 1 fully saturated rings. The van der Waals surface area contributed by atoms with Gasteiger partial charge in [-0.3, -0.25) is 4.79 Å². The molecule has 1 aliphatic carbocycles. The van der Waals surface area contributed by atoms with Crippen molar-refractivity contribution in [2.24, 2.45) is 17.6 Å². The van der Waals surface area contributed by atoms with Crippen LogP contribution < -0.4 is 5.73 Å². The number of nitrogens with zero attached hydrogens (tertiary/aromatic N) is 3. The SMILES string of the molecule is CC(O)c1nccn1Cc1cc(-c2ccc(C#CC3CC(CC(N)=O)C3)cc2)on1. The third-order valence-corrected chi connectivity index (χ3v) is 5.33. The molecule has 0 bridgehead atoms. The van der Waals surface area contributed by atoms with Crippen LogP contribution in [-0.4, -0.2) is 25.7 Å². The summed E-state index contributed by atoms with van der Waals surface area (Å²) in [5.74, 6) is 8.26. The summed E-state index contributed by atoms with van der Waals surface area (Å²) in [4.78, 5) is 15.1. The molecule has 1 unspecified atom stereocenters. The zero-order chi connectivity index (χ0) is 21.1. The summed E-state index contributed by atoms with van der Waals surface area (Å²) in [5, 5.41) is 13.9. The Kier molecular flexibility index (Phi) is 5.68. The molecule has 1 aromatic carbocycles. The van der Waals surface area contributed by atoms with E-state index in [2.05, 4.69) is 22.0 Å². The first-order valence-electron chi connectivity index (χ1n) is 10.0. The summed E-state index contributed by atoms with van der Waals surface area (Å²) in [6.07, 6.45) is 5.18. The standard InChI is InChI=1S/C23H24N4O3/c1-15(28)23-25-8-9-27(23)14-20-13-21(30-26-20)19-6-4-16(5-7-19)2-3-17-10-18(11-17)12-22(24)29/h4-9,13,15,17-18,28H,10-12,14H2,1H3,(H2,24,29). The lowest BCUT2D eigenvalue weighted by atomic mass is 9.73. The van der Waals surface area contributed by atoms with Crippen LogP contribution in [0.1, 0.15) is 49.4 Å². The summed E-state index contributed by atoms with van der Waals surface area (Å²) >= 11 is 0. The van der Waals surface area contributed by atoms with Gasteiger partial charge in [-0.2, -0.15) is 0 Å². The highest BCUT2D eigenvalue weighted by molar-refractivity contribution is 5.74. The zero-order valence-corrected chi connectivity index (χ0v) is 16.8. The van der Waals surface area contributed by atoms with Crippen LogP contribution in [-0.2, 0) is 11.3 Å². The number of rotatable bonds is 6. The molecule has 0 aliphatic heterocycles. The molecule has 0 saturated heterocycles. The molecule has 4 rings (SSSR count). The van der Waals surface area contributed by atoms with E-state index in [1.165, 1.54) is 0 Å². The Morgan fingerprint density at radius 3 is 2.83 bits per heavy atom.